The number of fused-ring (bicyclic) bond motifs is 1. The molecule has 0 aliphatic heterocycles. The highest BCUT2D eigenvalue weighted by molar-refractivity contribution is 7.71. The van der Waals surface area contributed by atoms with Crippen LogP contribution in [0.5, 0.6) is 5.75 Å². The molecule has 3 rings (SSSR count). The first-order valence-electron chi connectivity index (χ1n) is 6.91. The van der Waals surface area contributed by atoms with E-state index in [4.69, 9.17) is 17.0 Å². The molecule has 2 heterocycles. The van der Waals surface area contributed by atoms with Crippen LogP contribution in [-0.4, -0.2) is 20.6 Å². The number of thiazole rings is 1. The third-order valence-corrected chi connectivity index (χ3v) is 4.33. The van der Waals surface area contributed by atoms with Crippen molar-refractivity contribution in [1.29, 1.82) is 0 Å². The fraction of sp³-hybridized carbons (Fsp3) is 0.333. The summed E-state index contributed by atoms with van der Waals surface area (Å²) in [6, 6.07) is 6.04. The van der Waals surface area contributed by atoms with Gasteiger partial charge in [-0.25, -0.2) is 4.98 Å². The maximum Gasteiger partial charge on any atom is 0.178 e. The number of hydrogen-bond donors (Lipinski definition) is 1. The molecule has 0 bridgehead atoms. The van der Waals surface area contributed by atoms with E-state index >= 15 is 0 Å². The first-order valence-corrected chi connectivity index (χ1v) is 8.20. The Morgan fingerprint density at radius 1 is 1.43 bits per heavy atom. The molecule has 0 unspecified atom stereocenters. The molecule has 0 saturated carbocycles. The van der Waals surface area contributed by atoms with Crippen LogP contribution in [0, 0.1) is 4.77 Å². The minimum Gasteiger partial charge on any atom is -0.489 e. The second-order valence-electron chi connectivity index (χ2n) is 5.07. The minimum absolute atomic E-state index is 0.135. The molecule has 4 nitrogen and oxygen atoms in total. The smallest absolute Gasteiger partial charge is 0.178 e. The largest absolute Gasteiger partial charge is 0.489 e. The van der Waals surface area contributed by atoms with Crippen molar-refractivity contribution in [3.63, 3.8) is 0 Å². The molecule has 110 valence electrons. The lowest BCUT2D eigenvalue weighted by atomic mass is 10.3. The van der Waals surface area contributed by atoms with E-state index in [9.17, 15) is 0 Å². The van der Waals surface area contributed by atoms with Crippen molar-refractivity contribution in [2.75, 3.05) is 0 Å². The Morgan fingerprint density at radius 3 is 3.00 bits per heavy atom. The average Bonchev–Trinajstić information content (AvgIpc) is 3.04. The van der Waals surface area contributed by atoms with Crippen LogP contribution in [-0.2, 0) is 13.0 Å². The van der Waals surface area contributed by atoms with Crippen molar-refractivity contribution in [1.82, 2.24) is 14.5 Å². The molecule has 0 aliphatic rings. The van der Waals surface area contributed by atoms with E-state index in [-0.39, 0.29) is 6.10 Å². The normalized spacial score (nSPS) is 11.4. The van der Waals surface area contributed by atoms with Gasteiger partial charge < -0.3 is 14.3 Å². The average molecular weight is 319 g/mol. The number of nitrogens with zero attached hydrogens (tertiary/aromatic N) is 2. The van der Waals surface area contributed by atoms with Gasteiger partial charge in [0.15, 0.2) is 4.77 Å². The van der Waals surface area contributed by atoms with Gasteiger partial charge in [0.25, 0.3) is 0 Å². The summed E-state index contributed by atoms with van der Waals surface area (Å²) in [5.41, 5.74) is 2.05. The first-order chi connectivity index (χ1) is 10.1. The lowest BCUT2D eigenvalue weighted by Gasteiger charge is -2.10. The molecule has 3 aromatic rings. The Balaban J connectivity index is 1.95. The van der Waals surface area contributed by atoms with Crippen molar-refractivity contribution in [2.45, 2.75) is 32.9 Å². The van der Waals surface area contributed by atoms with Gasteiger partial charge in [-0.1, -0.05) is 6.07 Å². The molecule has 0 amide bonds. The van der Waals surface area contributed by atoms with Crippen LogP contribution in [0.3, 0.4) is 0 Å². The van der Waals surface area contributed by atoms with Crippen LogP contribution in [0.4, 0.5) is 0 Å². The van der Waals surface area contributed by atoms with Gasteiger partial charge in [0.05, 0.1) is 16.6 Å². The van der Waals surface area contributed by atoms with Gasteiger partial charge >= 0.3 is 0 Å². The topological polar surface area (TPSA) is 42.8 Å². The van der Waals surface area contributed by atoms with Crippen LogP contribution < -0.4 is 4.74 Å². The Bertz CT molecular complexity index is 787. The monoisotopic (exact) mass is 319 g/mol. The first kappa shape index (κ1) is 14.3. The summed E-state index contributed by atoms with van der Waals surface area (Å²) in [5.74, 6) is 0.849. The molecular weight excluding hydrogens is 302 g/mol. The lowest BCUT2D eigenvalue weighted by molar-refractivity contribution is 0.245. The summed E-state index contributed by atoms with van der Waals surface area (Å²) >= 11 is 7.13. The third-order valence-electron chi connectivity index (χ3n) is 3.17. The van der Waals surface area contributed by atoms with Crippen LogP contribution in [0.1, 0.15) is 18.9 Å². The standard InChI is InChI=1S/C15H17N3OS2/c1-10(2)19-12-5-3-4-11-14(12)17-15(20)18(11)8-6-13-16-7-9-21-13/h3-5,7,9-10H,6,8H2,1-2H3,(H,17,20). The molecule has 1 N–H and O–H groups in total. The summed E-state index contributed by atoms with van der Waals surface area (Å²) in [6.07, 6.45) is 2.85. The molecule has 0 spiro atoms. The molecule has 0 atom stereocenters. The van der Waals surface area contributed by atoms with Gasteiger partial charge in [0, 0.05) is 24.5 Å². The number of aromatic nitrogens is 3. The van der Waals surface area contributed by atoms with Crippen molar-refractivity contribution in [3.8, 4) is 5.75 Å². The summed E-state index contributed by atoms with van der Waals surface area (Å²) in [4.78, 5) is 7.59. The Hall–Kier alpha value is -1.66. The van der Waals surface area contributed by atoms with E-state index in [2.05, 4.69) is 20.6 Å². The fourth-order valence-electron chi connectivity index (χ4n) is 2.31. The number of H-pyrrole nitrogens is 1. The van der Waals surface area contributed by atoms with Gasteiger partial charge in [-0.15, -0.1) is 11.3 Å². The summed E-state index contributed by atoms with van der Waals surface area (Å²) < 4.78 is 8.68. The van der Waals surface area contributed by atoms with Crippen molar-refractivity contribution in [2.24, 2.45) is 0 Å². The number of benzene rings is 1. The number of aryl methyl sites for hydroxylation is 2. The van der Waals surface area contributed by atoms with Gasteiger partial charge in [-0.2, -0.15) is 0 Å². The van der Waals surface area contributed by atoms with Crippen molar-refractivity contribution < 1.29 is 4.74 Å². The lowest BCUT2D eigenvalue weighted by Crippen LogP contribution is -2.06. The number of hydrogen-bond acceptors (Lipinski definition) is 4. The Labute approximate surface area is 132 Å². The second-order valence-corrected chi connectivity index (χ2v) is 6.44. The van der Waals surface area contributed by atoms with Gasteiger partial charge in [0.2, 0.25) is 0 Å². The molecule has 0 fully saturated rings. The number of nitrogens with one attached hydrogen (secondary N) is 1. The van der Waals surface area contributed by atoms with Crippen LogP contribution in [0.2, 0.25) is 0 Å². The predicted molar refractivity (Wildman–Crippen MR) is 88.7 cm³/mol. The maximum absolute atomic E-state index is 5.85. The predicted octanol–water partition coefficient (Wildman–Crippen LogP) is 4.19. The number of para-hydroxylation sites is 1. The maximum atomic E-state index is 5.85. The molecule has 21 heavy (non-hydrogen) atoms. The van der Waals surface area contributed by atoms with E-state index in [0.717, 1.165) is 39.5 Å². The zero-order chi connectivity index (χ0) is 14.8. The summed E-state index contributed by atoms with van der Waals surface area (Å²) in [5, 5.41) is 3.12. The van der Waals surface area contributed by atoms with Crippen LogP contribution in [0.25, 0.3) is 11.0 Å². The van der Waals surface area contributed by atoms with E-state index in [1.54, 1.807) is 11.3 Å². The number of aromatic amines is 1. The molecule has 0 aliphatic carbocycles. The van der Waals surface area contributed by atoms with Crippen LogP contribution >= 0.6 is 23.6 Å². The quantitative estimate of drug-likeness (QED) is 0.717. The molecule has 0 saturated heterocycles. The molecule has 0 radical (unpaired) electrons. The van der Waals surface area contributed by atoms with Crippen molar-refractivity contribution in [3.05, 3.63) is 39.6 Å². The zero-order valence-corrected chi connectivity index (χ0v) is 13.6. The minimum atomic E-state index is 0.135. The van der Waals surface area contributed by atoms with Gasteiger partial charge in [-0.3, -0.25) is 0 Å². The van der Waals surface area contributed by atoms with E-state index in [0.29, 0.717) is 0 Å². The highest BCUT2D eigenvalue weighted by Crippen LogP contribution is 2.26. The Kier molecular flexibility index (Phi) is 4.07. The van der Waals surface area contributed by atoms with E-state index < -0.39 is 0 Å². The van der Waals surface area contributed by atoms with E-state index in [1.807, 2.05) is 37.6 Å². The highest BCUT2D eigenvalue weighted by Gasteiger charge is 2.10. The Morgan fingerprint density at radius 2 is 2.29 bits per heavy atom. The molecule has 2 aromatic heterocycles. The van der Waals surface area contributed by atoms with E-state index in [1.165, 1.54) is 0 Å². The van der Waals surface area contributed by atoms with Crippen LogP contribution in [0.15, 0.2) is 29.8 Å². The SMILES string of the molecule is CC(C)Oc1cccc2c1[nH]c(=S)n2CCc1nccs1. The molecular formula is C15H17N3OS2. The number of ether oxygens (including phenoxy) is 1. The number of imidazole rings is 1. The molecule has 6 heteroatoms. The number of rotatable bonds is 5. The summed E-state index contributed by atoms with van der Waals surface area (Å²) in [7, 11) is 0. The fourth-order valence-corrected chi connectivity index (χ4v) is 3.21. The third kappa shape index (κ3) is 3.01. The van der Waals surface area contributed by atoms with Gasteiger partial charge in [-0.05, 0) is 38.2 Å². The highest BCUT2D eigenvalue weighted by atomic mass is 32.1. The summed E-state index contributed by atoms with van der Waals surface area (Å²) in [6.45, 7) is 4.86. The van der Waals surface area contributed by atoms with Gasteiger partial charge in [0.1, 0.15) is 11.3 Å². The van der Waals surface area contributed by atoms with Crippen molar-refractivity contribution >= 4 is 34.6 Å². The zero-order valence-electron chi connectivity index (χ0n) is 12.0. The second kappa shape index (κ2) is 5.99. The molecule has 1 aromatic carbocycles.